The summed E-state index contributed by atoms with van der Waals surface area (Å²) in [4.78, 5) is 24.6. The third-order valence-corrected chi connectivity index (χ3v) is 3.68. The van der Waals surface area contributed by atoms with Gasteiger partial charge in [0.25, 0.3) is 5.91 Å². The number of hydrogen-bond donors (Lipinski definition) is 2. The van der Waals surface area contributed by atoms with Crippen LogP contribution >= 0.6 is 0 Å². The van der Waals surface area contributed by atoms with Gasteiger partial charge < -0.3 is 5.32 Å². The topological polar surface area (TPSA) is 79.3 Å². The molecular weight excluding hydrogens is 292 g/mol. The minimum absolute atomic E-state index is 0.245. The van der Waals surface area contributed by atoms with Crippen LogP contribution in [0.5, 0.6) is 0 Å². The van der Waals surface area contributed by atoms with Crippen LogP contribution in [-0.2, 0) is 0 Å². The SMILES string of the molecule is O=C(Nc1ccccc1)c1cc2n[nH]c(=O)n2c2ccccc12. The third kappa shape index (κ3) is 2.17. The Bertz CT molecular complexity index is 1080. The van der Waals surface area contributed by atoms with E-state index in [0.29, 0.717) is 27.8 Å². The number of nitrogens with one attached hydrogen (secondary N) is 2. The Morgan fingerprint density at radius 1 is 1.04 bits per heavy atom. The predicted octanol–water partition coefficient (Wildman–Crippen LogP) is 2.43. The highest BCUT2D eigenvalue weighted by atomic mass is 16.2. The Kier molecular flexibility index (Phi) is 2.94. The van der Waals surface area contributed by atoms with Gasteiger partial charge in [-0.15, -0.1) is 0 Å². The molecule has 0 aliphatic heterocycles. The maximum Gasteiger partial charge on any atom is 0.348 e. The fraction of sp³-hybridized carbons (Fsp3) is 0. The summed E-state index contributed by atoms with van der Waals surface area (Å²) in [6.07, 6.45) is 0. The van der Waals surface area contributed by atoms with Gasteiger partial charge in [-0.3, -0.25) is 4.79 Å². The largest absolute Gasteiger partial charge is 0.348 e. The summed E-state index contributed by atoms with van der Waals surface area (Å²) in [7, 11) is 0. The molecular formula is C17H12N4O2. The van der Waals surface area contributed by atoms with E-state index in [2.05, 4.69) is 15.5 Å². The van der Waals surface area contributed by atoms with Gasteiger partial charge in [-0.1, -0.05) is 36.4 Å². The quantitative estimate of drug-likeness (QED) is 0.597. The van der Waals surface area contributed by atoms with Crippen LogP contribution < -0.4 is 11.0 Å². The fourth-order valence-electron chi connectivity index (χ4n) is 2.65. The van der Waals surface area contributed by atoms with E-state index in [1.165, 1.54) is 4.40 Å². The van der Waals surface area contributed by atoms with E-state index < -0.39 is 0 Å². The van der Waals surface area contributed by atoms with Crippen molar-refractivity contribution in [1.29, 1.82) is 0 Å². The van der Waals surface area contributed by atoms with Crippen molar-refractivity contribution < 1.29 is 4.79 Å². The van der Waals surface area contributed by atoms with Gasteiger partial charge in [-0.2, -0.15) is 5.10 Å². The van der Waals surface area contributed by atoms with Crippen LogP contribution in [-0.4, -0.2) is 20.5 Å². The smallest absolute Gasteiger partial charge is 0.322 e. The van der Waals surface area contributed by atoms with E-state index in [1.807, 2.05) is 48.5 Å². The minimum atomic E-state index is -0.328. The highest BCUT2D eigenvalue weighted by Crippen LogP contribution is 2.21. The number of para-hydroxylation sites is 2. The van der Waals surface area contributed by atoms with Crippen LogP contribution in [0, 0.1) is 0 Å². The molecule has 0 bridgehead atoms. The number of fused-ring (bicyclic) bond motifs is 3. The molecule has 2 aromatic heterocycles. The monoisotopic (exact) mass is 304 g/mol. The summed E-state index contributed by atoms with van der Waals surface area (Å²) < 4.78 is 1.45. The van der Waals surface area contributed by atoms with Crippen LogP contribution in [0.1, 0.15) is 10.4 Å². The molecule has 112 valence electrons. The Balaban J connectivity index is 1.92. The zero-order chi connectivity index (χ0) is 15.8. The molecule has 4 rings (SSSR count). The molecule has 23 heavy (non-hydrogen) atoms. The second kappa shape index (κ2) is 5.10. The molecule has 0 spiro atoms. The second-order valence-corrected chi connectivity index (χ2v) is 5.12. The lowest BCUT2D eigenvalue weighted by atomic mass is 10.1. The lowest BCUT2D eigenvalue weighted by molar-refractivity contribution is 0.102. The summed E-state index contributed by atoms with van der Waals surface area (Å²) in [6.45, 7) is 0. The molecule has 0 aliphatic rings. The zero-order valence-corrected chi connectivity index (χ0v) is 12.0. The molecule has 0 saturated carbocycles. The van der Waals surface area contributed by atoms with Crippen molar-refractivity contribution >= 4 is 28.1 Å². The Morgan fingerprint density at radius 2 is 1.78 bits per heavy atom. The molecule has 0 unspecified atom stereocenters. The minimum Gasteiger partial charge on any atom is -0.322 e. The van der Waals surface area contributed by atoms with Gasteiger partial charge in [-0.25, -0.2) is 14.3 Å². The van der Waals surface area contributed by atoms with Crippen LogP contribution in [0.15, 0.2) is 65.5 Å². The van der Waals surface area contributed by atoms with Crippen molar-refractivity contribution in [1.82, 2.24) is 14.6 Å². The van der Waals surface area contributed by atoms with Gasteiger partial charge in [0.05, 0.1) is 11.1 Å². The highest BCUT2D eigenvalue weighted by Gasteiger charge is 2.15. The van der Waals surface area contributed by atoms with Gasteiger partial charge >= 0.3 is 5.69 Å². The van der Waals surface area contributed by atoms with Crippen molar-refractivity contribution in [2.75, 3.05) is 5.32 Å². The fourth-order valence-corrected chi connectivity index (χ4v) is 2.65. The number of nitrogens with zero attached hydrogens (tertiary/aromatic N) is 2. The average Bonchev–Trinajstić information content (AvgIpc) is 2.96. The van der Waals surface area contributed by atoms with E-state index in [0.717, 1.165) is 0 Å². The maximum absolute atomic E-state index is 12.6. The molecule has 1 amide bonds. The molecule has 0 saturated heterocycles. The van der Waals surface area contributed by atoms with E-state index in [4.69, 9.17) is 0 Å². The lowest BCUT2D eigenvalue weighted by Crippen LogP contribution is -2.15. The number of aromatic nitrogens is 3. The molecule has 2 heterocycles. The number of amides is 1. The first kappa shape index (κ1) is 13.3. The van der Waals surface area contributed by atoms with Crippen molar-refractivity contribution in [3.05, 3.63) is 76.7 Å². The number of benzene rings is 2. The van der Waals surface area contributed by atoms with Crippen LogP contribution in [0.25, 0.3) is 16.6 Å². The zero-order valence-electron chi connectivity index (χ0n) is 12.0. The van der Waals surface area contributed by atoms with Crippen LogP contribution in [0.4, 0.5) is 5.69 Å². The number of carbonyl (C=O) groups is 1. The van der Waals surface area contributed by atoms with Crippen molar-refractivity contribution in [3.8, 4) is 0 Å². The van der Waals surface area contributed by atoms with E-state index in [9.17, 15) is 9.59 Å². The molecule has 0 fully saturated rings. The summed E-state index contributed by atoms with van der Waals surface area (Å²) in [6, 6.07) is 18.1. The molecule has 4 aromatic rings. The normalized spacial score (nSPS) is 11.0. The molecule has 2 aromatic carbocycles. The second-order valence-electron chi connectivity index (χ2n) is 5.12. The number of pyridine rings is 1. The molecule has 0 aliphatic carbocycles. The van der Waals surface area contributed by atoms with Gasteiger partial charge in [0, 0.05) is 11.1 Å². The summed E-state index contributed by atoms with van der Waals surface area (Å²) in [5.41, 5.74) is 1.90. The number of carbonyl (C=O) groups excluding carboxylic acids is 1. The molecule has 0 atom stereocenters. The van der Waals surface area contributed by atoms with E-state index in [-0.39, 0.29) is 11.6 Å². The van der Waals surface area contributed by atoms with Crippen LogP contribution in [0.3, 0.4) is 0 Å². The number of rotatable bonds is 2. The Labute approximate surface area is 130 Å². The Morgan fingerprint density at radius 3 is 2.61 bits per heavy atom. The Hall–Kier alpha value is -3.41. The standard InChI is InChI=1S/C17H12N4O2/c22-16(18-11-6-2-1-3-7-11)13-10-15-19-20-17(23)21(15)14-9-5-4-8-12(13)14/h1-10H,(H,18,22)(H,20,23). The predicted molar refractivity (Wildman–Crippen MR) is 87.7 cm³/mol. The maximum atomic E-state index is 12.6. The first-order valence-corrected chi connectivity index (χ1v) is 7.09. The lowest BCUT2D eigenvalue weighted by Gasteiger charge is -2.09. The number of aromatic amines is 1. The molecule has 0 radical (unpaired) electrons. The number of H-pyrrole nitrogens is 1. The van der Waals surface area contributed by atoms with Crippen LogP contribution in [0.2, 0.25) is 0 Å². The first-order chi connectivity index (χ1) is 11.2. The van der Waals surface area contributed by atoms with E-state index in [1.54, 1.807) is 12.1 Å². The molecule has 6 heteroatoms. The van der Waals surface area contributed by atoms with Crippen molar-refractivity contribution in [3.63, 3.8) is 0 Å². The number of hydrogen-bond acceptors (Lipinski definition) is 3. The molecule has 2 N–H and O–H groups in total. The van der Waals surface area contributed by atoms with Gasteiger partial charge in [0.15, 0.2) is 5.65 Å². The molecule has 6 nitrogen and oxygen atoms in total. The van der Waals surface area contributed by atoms with Gasteiger partial charge in [0.2, 0.25) is 0 Å². The van der Waals surface area contributed by atoms with Crippen molar-refractivity contribution in [2.45, 2.75) is 0 Å². The van der Waals surface area contributed by atoms with Gasteiger partial charge in [0.1, 0.15) is 0 Å². The highest BCUT2D eigenvalue weighted by molar-refractivity contribution is 6.13. The summed E-state index contributed by atoms with van der Waals surface area (Å²) in [5.74, 6) is -0.245. The van der Waals surface area contributed by atoms with E-state index >= 15 is 0 Å². The van der Waals surface area contributed by atoms with Gasteiger partial charge in [-0.05, 0) is 24.3 Å². The summed E-state index contributed by atoms with van der Waals surface area (Å²) in [5, 5.41) is 9.92. The average molecular weight is 304 g/mol. The first-order valence-electron chi connectivity index (χ1n) is 7.09. The third-order valence-electron chi connectivity index (χ3n) is 3.68. The van der Waals surface area contributed by atoms with Crippen molar-refractivity contribution in [2.24, 2.45) is 0 Å². The number of anilines is 1. The summed E-state index contributed by atoms with van der Waals surface area (Å²) >= 11 is 0.